The number of nitrogens with one attached hydrogen (secondary N) is 1. The van der Waals surface area contributed by atoms with Crippen molar-refractivity contribution in [1.82, 2.24) is 0 Å². The van der Waals surface area contributed by atoms with Crippen LogP contribution in [0.5, 0.6) is 5.75 Å². The minimum Gasteiger partial charge on any atom is -0.492 e. The first-order valence-electron chi connectivity index (χ1n) is 9.47. The molecule has 1 N–H and O–H groups in total. The highest BCUT2D eigenvalue weighted by molar-refractivity contribution is 7.92. The molecule has 0 aromatic heterocycles. The van der Waals surface area contributed by atoms with Gasteiger partial charge in [0.15, 0.2) is 11.6 Å². The molecule has 0 unspecified atom stereocenters. The van der Waals surface area contributed by atoms with E-state index in [1.165, 1.54) is 36.4 Å². The monoisotopic (exact) mass is 480 g/mol. The third-order valence-corrected chi connectivity index (χ3v) is 6.35. The highest BCUT2D eigenvalue weighted by Gasteiger charge is 2.29. The van der Waals surface area contributed by atoms with Crippen molar-refractivity contribution in [3.8, 4) is 5.75 Å². The summed E-state index contributed by atoms with van der Waals surface area (Å²) in [6.07, 6.45) is 0. The van der Waals surface area contributed by atoms with Gasteiger partial charge in [-0.3, -0.25) is 9.10 Å². The van der Waals surface area contributed by atoms with Gasteiger partial charge in [-0.2, -0.15) is 0 Å². The highest BCUT2D eigenvalue weighted by atomic mass is 35.5. The maximum atomic E-state index is 13.5. The van der Waals surface area contributed by atoms with Gasteiger partial charge in [0, 0.05) is 16.8 Å². The number of halogens is 3. The van der Waals surface area contributed by atoms with Crippen LogP contribution in [0.4, 0.5) is 20.2 Å². The molecule has 0 saturated carbocycles. The number of hydrogen-bond acceptors (Lipinski definition) is 4. The number of carbonyl (C=O) groups is 1. The Kier molecular flexibility index (Phi) is 7.32. The number of para-hydroxylation sites is 2. The van der Waals surface area contributed by atoms with Crippen molar-refractivity contribution < 1.29 is 26.7 Å². The summed E-state index contributed by atoms with van der Waals surface area (Å²) in [7, 11) is -4.21. The van der Waals surface area contributed by atoms with Gasteiger partial charge in [-0.1, -0.05) is 23.7 Å². The van der Waals surface area contributed by atoms with E-state index in [9.17, 15) is 22.0 Å². The number of rotatable bonds is 8. The molecule has 0 aliphatic carbocycles. The summed E-state index contributed by atoms with van der Waals surface area (Å²) in [5, 5.41) is 2.73. The maximum Gasteiger partial charge on any atom is 0.264 e. The number of hydrogen-bond donors (Lipinski definition) is 1. The second-order valence-electron chi connectivity index (χ2n) is 6.54. The third-order valence-electron chi connectivity index (χ3n) is 4.33. The number of nitrogens with zero attached hydrogens (tertiary/aromatic N) is 1. The second kappa shape index (κ2) is 9.97. The van der Waals surface area contributed by atoms with Crippen molar-refractivity contribution in [1.29, 1.82) is 0 Å². The Morgan fingerprint density at radius 1 is 1.03 bits per heavy atom. The van der Waals surface area contributed by atoms with E-state index in [4.69, 9.17) is 16.3 Å². The number of ether oxygens (including phenoxy) is 1. The van der Waals surface area contributed by atoms with Gasteiger partial charge in [-0.05, 0) is 55.5 Å². The average Bonchev–Trinajstić information content (AvgIpc) is 2.76. The van der Waals surface area contributed by atoms with E-state index in [0.29, 0.717) is 5.02 Å². The van der Waals surface area contributed by atoms with Crippen LogP contribution in [0.2, 0.25) is 5.02 Å². The van der Waals surface area contributed by atoms with E-state index in [2.05, 4.69) is 5.32 Å². The molecule has 0 aliphatic rings. The first kappa shape index (κ1) is 23.5. The van der Waals surface area contributed by atoms with Crippen LogP contribution in [0.25, 0.3) is 0 Å². The first-order valence-corrected chi connectivity index (χ1v) is 11.3. The Morgan fingerprint density at radius 2 is 1.72 bits per heavy atom. The van der Waals surface area contributed by atoms with Gasteiger partial charge in [0.25, 0.3) is 10.0 Å². The lowest BCUT2D eigenvalue weighted by Gasteiger charge is -2.26. The Morgan fingerprint density at radius 3 is 2.38 bits per heavy atom. The Bertz CT molecular complexity index is 1220. The van der Waals surface area contributed by atoms with Gasteiger partial charge < -0.3 is 10.1 Å². The minimum atomic E-state index is -4.21. The number of sulfonamides is 1. The van der Waals surface area contributed by atoms with Crippen LogP contribution in [0.3, 0.4) is 0 Å². The molecule has 3 aromatic carbocycles. The standard InChI is InChI=1S/C22H19ClF2N2O4S/c1-2-31-21-6-4-3-5-20(21)27(32(29,30)17-10-7-15(23)8-11-17)14-22(28)26-16-9-12-18(24)19(25)13-16/h3-13H,2,14H2,1H3,(H,26,28). The number of benzene rings is 3. The van der Waals surface area contributed by atoms with Crippen LogP contribution < -0.4 is 14.4 Å². The summed E-state index contributed by atoms with van der Waals surface area (Å²) in [6.45, 7) is 1.37. The molecule has 6 nitrogen and oxygen atoms in total. The zero-order valence-electron chi connectivity index (χ0n) is 16.9. The fourth-order valence-corrected chi connectivity index (χ4v) is 4.44. The van der Waals surface area contributed by atoms with Gasteiger partial charge in [0.1, 0.15) is 12.3 Å². The summed E-state index contributed by atoms with van der Waals surface area (Å²) in [4.78, 5) is 12.6. The molecule has 0 aliphatic heterocycles. The average molecular weight is 481 g/mol. The largest absolute Gasteiger partial charge is 0.492 e. The normalized spacial score (nSPS) is 11.1. The third kappa shape index (κ3) is 5.35. The summed E-state index contributed by atoms with van der Waals surface area (Å²) in [5.41, 5.74) is 0.126. The smallest absolute Gasteiger partial charge is 0.264 e. The van der Waals surface area contributed by atoms with E-state index in [-0.39, 0.29) is 28.6 Å². The van der Waals surface area contributed by atoms with Gasteiger partial charge in [0.05, 0.1) is 17.2 Å². The van der Waals surface area contributed by atoms with E-state index < -0.39 is 34.1 Å². The minimum absolute atomic E-state index is 0.0177. The maximum absolute atomic E-state index is 13.5. The van der Waals surface area contributed by atoms with E-state index >= 15 is 0 Å². The zero-order chi connectivity index (χ0) is 23.3. The summed E-state index contributed by atoms with van der Waals surface area (Å²) < 4.78 is 59.9. The molecule has 32 heavy (non-hydrogen) atoms. The summed E-state index contributed by atoms with van der Waals surface area (Å²) in [6, 6.07) is 14.7. The molecule has 0 bridgehead atoms. The van der Waals surface area contributed by atoms with Crippen LogP contribution >= 0.6 is 11.6 Å². The molecule has 3 aromatic rings. The lowest BCUT2D eigenvalue weighted by molar-refractivity contribution is -0.114. The quantitative estimate of drug-likeness (QED) is 0.500. The van der Waals surface area contributed by atoms with Crippen molar-refractivity contribution >= 4 is 38.9 Å². The van der Waals surface area contributed by atoms with Gasteiger partial charge in [-0.25, -0.2) is 17.2 Å². The van der Waals surface area contributed by atoms with Crippen LogP contribution in [-0.2, 0) is 14.8 Å². The van der Waals surface area contributed by atoms with E-state index in [1.807, 2.05) is 0 Å². The first-order chi connectivity index (χ1) is 15.2. The molecule has 0 atom stereocenters. The Labute approximate surface area is 189 Å². The van der Waals surface area contributed by atoms with Gasteiger partial charge >= 0.3 is 0 Å². The Balaban J connectivity index is 1.99. The van der Waals surface area contributed by atoms with Crippen LogP contribution in [0.1, 0.15) is 6.92 Å². The highest BCUT2D eigenvalue weighted by Crippen LogP contribution is 2.32. The molecular formula is C22H19ClF2N2O4S. The molecule has 3 rings (SSSR count). The van der Waals surface area contributed by atoms with Gasteiger partial charge in [-0.15, -0.1) is 0 Å². The summed E-state index contributed by atoms with van der Waals surface area (Å²) in [5.74, 6) is -2.72. The molecule has 0 spiro atoms. The topological polar surface area (TPSA) is 75.7 Å². The molecule has 0 fully saturated rings. The fourth-order valence-electron chi connectivity index (χ4n) is 2.88. The van der Waals surface area contributed by atoms with Crippen molar-refractivity contribution in [2.75, 3.05) is 22.8 Å². The summed E-state index contributed by atoms with van der Waals surface area (Å²) >= 11 is 5.87. The van der Waals surface area contributed by atoms with Crippen molar-refractivity contribution in [2.24, 2.45) is 0 Å². The van der Waals surface area contributed by atoms with Crippen molar-refractivity contribution in [2.45, 2.75) is 11.8 Å². The number of carbonyl (C=O) groups excluding carboxylic acids is 1. The molecule has 168 valence electrons. The zero-order valence-corrected chi connectivity index (χ0v) is 18.5. The predicted molar refractivity (Wildman–Crippen MR) is 119 cm³/mol. The number of anilines is 2. The molecule has 10 heteroatoms. The molecule has 0 saturated heterocycles. The van der Waals surface area contributed by atoms with Crippen LogP contribution in [0, 0.1) is 11.6 Å². The molecular weight excluding hydrogens is 462 g/mol. The molecule has 0 heterocycles. The van der Waals surface area contributed by atoms with E-state index in [0.717, 1.165) is 16.4 Å². The molecule has 0 radical (unpaired) electrons. The lowest BCUT2D eigenvalue weighted by Crippen LogP contribution is -2.38. The SMILES string of the molecule is CCOc1ccccc1N(CC(=O)Nc1ccc(F)c(F)c1)S(=O)(=O)c1ccc(Cl)cc1. The Hall–Kier alpha value is -3.17. The van der Waals surface area contributed by atoms with Crippen LogP contribution in [0.15, 0.2) is 71.6 Å². The molecule has 1 amide bonds. The second-order valence-corrected chi connectivity index (χ2v) is 8.84. The van der Waals surface area contributed by atoms with Crippen LogP contribution in [-0.4, -0.2) is 27.5 Å². The number of amides is 1. The predicted octanol–water partition coefficient (Wildman–Crippen LogP) is 4.85. The van der Waals surface area contributed by atoms with E-state index in [1.54, 1.807) is 25.1 Å². The van der Waals surface area contributed by atoms with Gasteiger partial charge in [0.2, 0.25) is 5.91 Å². The lowest BCUT2D eigenvalue weighted by atomic mass is 10.3. The van der Waals surface area contributed by atoms with Crippen molar-refractivity contribution in [3.05, 3.63) is 83.4 Å². The fraction of sp³-hybridized carbons (Fsp3) is 0.136. The van der Waals surface area contributed by atoms with Crippen molar-refractivity contribution in [3.63, 3.8) is 0 Å².